The second-order valence-electron chi connectivity index (χ2n) is 11.5. The van der Waals surface area contributed by atoms with Crippen LogP contribution in [-0.4, -0.2) is 9.55 Å². The van der Waals surface area contributed by atoms with Crippen LogP contribution >= 0.6 is 0 Å². The summed E-state index contributed by atoms with van der Waals surface area (Å²) in [7, 11) is 0. The molecule has 0 N–H and O–H groups in total. The maximum atomic E-state index is 6.35. The first kappa shape index (κ1) is 23.6. The molecule has 1 aliphatic rings. The minimum atomic E-state index is 0.828. The van der Waals surface area contributed by atoms with Crippen LogP contribution in [0, 0.1) is 0 Å². The lowest BCUT2D eigenvalue weighted by Gasteiger charge is -2.22. The monoisotopic (exact) mass is 560 g/mol. The van der Waals surface area contributed by atoms with E-state index in [4.69, 9.17) is 9.72 Å². The van der Waals surface area contributed by atoms with Crippen LogP contribution in [-0.2, 0) is 0 Å². The van der Waals surface area contributed by atoms with Crippen LogP contribution in [0.15, 0.2) is 146 Å². The topological polar surface area (TPSA) is 27.1 Å². The summed E-state index contributed by atoms with van der Waals surface area (Å²) >= 11 is 0. The van der Waals surface area contributed by atoms with Gasteiger partial charge in [-0.05, 0) is 84.5 Å². The van der Waals surface area contributed by atoms with Gasteiger partial charge in [-0.2, -0.15) is 0 Å². The lowest BCUT2D eigenvalue weighted by Crippen LogP contribution is -2.06. The Morgan fingerprint density at radius 3 is 1.86 bits per heavy atom. The van der Waals surface area contributed by atoms with Gasteiger partial charge in [-0.15, -0.1) is 0 Å². The van der Waals surface area contributed by atoms with E-state index in [-0.39, 0.29) is 0 Å². The van der Waals surface area contributed by atoms with E-state index in [1.54, 1.807) is 0 Å². The summed E-state index contributed by atoms with van der Waals surface area (Å²) in [5.41, 5.74) is 6.51. The van der Waals surface area contributed by atoms with Crippen molar-refractivity contribution in [1.29, 1.82) is 0 Å². The van der Waals surface area contributed by atoms with E-state index in [1.807, 2.05) is 24.3 Å². The quantitative estimate of drug-likeness (QED) is 0.155. The van der Waals surface area contributed by atoms with Crippen LogP contribution in [0.2, 0.25) is 0 Å². The van der Waals surface area contributed by atoms with E-state index in [0.29, 0.717) is 0 Å². The summed E-state index contributed by atoms with van der Waals surface area (Å²) in [4.78, 5) is 5.31. The highest BCUT2D eigenvalue weighted by molar-refractivity contribution is 6.22. The number of hydrogen-bond acceptors (Lipinski definition) is 2. The van der Waals surface area contributed by atoms with Crippen molar-refractivity contribution >= 4 is 54.1 Å². The van der Waals surface area contributed by atoms with Gasteiger partial charge in [-0.1, -0.05) is 115 Å². The zero-order valence-corrected chi connectivity index (χ0v) is 23.7. The summed E-state index contributed by atoms with van der Waals surface area (Å²) < 4.78 is 8.64. The highest BCUT2D eigenvalue weighted by Gasteiger charge is 2.27. The minimum Gasteiger partial charge on any atom is -0.453 e. The molecule has 0 atom stereocenters. The average Bonchev–Trinajstić information content (AvgIpc) is 3.47. The molecule has 204 valence electrons. The highest BCUT2D eigenvalue weighted by Crippen LogP contribution is 2.48. The van der Waals surface area contributed by atoms with Crippen molar-refractivity contribution in [2.24, 2.45) is 0 Å². The third-order valence-electron chi connectivity index (χ3n) is 9.15. The summed E-state index contributed by atoms with van der Waals surface area (Å²) in [6, 6.07) is 51.9. The smallest absolute Gasteiger partial charge is 0.153 e. The molecule has 3 heteroatoms. The Morgan fingerprint density at radius 1 is 0.455 bits per heavy atom. The van der Waals surface area contributed by atoms with Gasteiger partial charge in [0.2, 0.25) is 0 Å². The standard InChI is InChI=1S/C41H24N2O/c1-2-11-28-25(10-1)20-21-26-24-27(22-23-29(26)28)38-30-12-3-5-14-32(30)39(33-15-6-4-13-31(33)38)41-42-34-16-9-19-37-40(34)43(41)35-17-7-8-18-36(35)44-37/h1-24H. The molecule has 0 saturated heterocycles. The first-order valence-corrected chi connectivity index (χ1v) is 15.0. The van der Waals surface area contributed by atoms with Crippen molar-refractivity contribution in [2.45, 2.75) is 0 Å². The number of nitrogens with zero attached hydrogens (tertiary/aromatic N) is 2. The van der Waals surface area contributed by atoms with Gasteiger partial charge < -0.3 is 4.74 Å². The summed E-state index contributed by atoms with van der Waals surface area (Å²) in [5.74, 6) is 2.58. The van der Waals surface area contributed by atoms with E-state index < -0.39 is 0 Å². The van der Waals surface area contributed by atoms with Crippen molar-refractivity contribution in [3.05, 3.63) is 146 Å². The van der Waals surface area contributed by atoms with Gasteiger partial charge in [0.15, 0.2) is 11.5 Å². The van der Waals surface area contributed by atoms with Crippen LogP contribution in [0.5, 0.6) is 11.5 Å². The minimum absolute atomic E-state index is 0.828. The van der Waals surface area contributed by atoms with Crippen LogP contribution in [0.25, 0.3) is 82.3 Å². The van der Waals surface area contributed by atoms with Gasteiger partial charge in [0.1, 0.15) is 11.3 Å². The Hall–Kier alpha value is -5.93. The number of aromatic nitrogens is 2. The van der Waals surface area contributed by atoms with E-state index in [9.17, 15) is 0 Å². The Kier molecular flexibility index (Phi) is 4.72. The SMILES string of the molecule is c1ccc2c(c1)Oc1cccc3nc(-c4c5ccccc5c(-c5ccc6c(ccc7ccccc76)c5)c5ccccc45)n-2c13. The van der Waals surface area contributed by atoms with Gasteiger partial charge >= 0.3 is 0 Å². The van der Waals surface area contributed by atoms with Crippen molar-refractivity contribution < 1.29 is 4.74 Å². The fraction of sp³-hybridized carbons (Fsp3) is 0. The van der Waals surface area contributed by atoms with Gasteiger partial charge in [-0.3, -0.25) is 4.57 Å². The molecule has 3 nitrogen and oxygen atoms in total. The van der Waals surface area contributed by atoms with Crippen LogP contribution < -0.4 is 4.74 Å². The van der Waals surface area contributed by atoms with E-state index in [1.165, 1.54) is 54.2 Å². The molecule has 0 aliphatic carbocycles. The molecule has 0 saturated carbocycles. The molecule has 9 aromatic rings. The largest absolute Gasteiger partial charge is 0.453 e. The average molecular weight is 561 g/mol. The molecule has 0 spiro atoms. The first-order chi connectivity index (χ1) is 21.8. The molecular weight excluding hydrogens is 536 g/mol. The lowest BCUT2D eigenvalue weighted by molar-refractivity contribution is 0.476. The Labute approximate surface area is 253 Å². The first-order valence-electron chi connectivity index (χ1n) is 15.0. The molecule has 44 heavy (non-hydrogen) atoms. The molecule has 0 radical (unpaired) electrons. The van der Waals surface area contributed by atoms with Crippen molar-refractivity contribution in [1.82, 2.24) is 9.55 Å². The Bertz CT molecular complexity index is 2590. The van der Waals surface area contributed by atoms with Gasteiger partial charge in [0.05, 0.1) is 11.2 Å². The maximum absolute atomic E-state index is 6.35. The van der Waals surface area contributed by atoms with E-state index >= 15 is 0 Å². The zero-order chi connectivity index (χ0) is 28.8. The van der Waals surface area contributed by atoms with E-state index in [0.717, 1.165) is 39.6 Å². The Balaban J connectivity index is 1.32. The fourth-order valence-electron chi connectivity index (χ4n) is 7.28. The predicted molar refractivity (Wildman–Crippen MR) is 182 cm³/mol. The lowest BCUT2D eigenvalue weighted by atomic mass is 9.87. The molecule has 0 amide bonds. The predicted octanol–water partition coefficient (Wildman–Crippen LogP) is 11.1. The number of fused-ring (bicyclic) bond motifs is 7. The van der Waals surface area contributed by atoms with Crippen LogP contribution in [0.1, 0.15) is 0 Å². The maximum Gasteiger partial charge on any atom is 0.153 e. The molecule has 1 aliphatic heterocycles. The number of hydrogen-bond donors (Lipinski definition) is 0. The van der Waals surface area contributed by atoms with Crippen LogP contribution in [0.3, 0.4) is 0 Å². The van der Waals surface area contributed by atoms with Crippen molar-refractivity contribution in [3.8, 4) is 39.7 Å². The van der Waals surface area contributed by atoms with Gasteiger partial charge in [0.25, 0.3) is 0 Å². The fourth-order valence-corrected chi connectivity index (χ4v) is 7.28. The normalized spacial score (nSPS) is 12.3. The van der Waals surface area contributed by atoms with Crippen LogP contribution in [0.4, 0.5) is 0 Å². The molecule has 0 bridgehead atoms. The summed E-state index contributed by atoms with van der Waals surface area (Å²) in [6.45, 7) is 0. The van der Waals surface area contributed by atoms with Gasteiger partial charge in [-0.25, -0.2) is 4.98 Å². The molecule has 0 fully saturated rings. The molecule has 2 heterocycles. The highest BCUT2D eigenvalue weighted by atomic mass is 16.5. The van der Waals surface area contributed by atoms with Crippen molar-refractivity contribution in [3.63, 3.8) is 0 Å². The molecule has 10 rings (SSSR count). The van der Waals surface area contributed by atoms with Crippen molar-refractivity contribution in [2.75, 3.05) is 0 Å². The third kappa shape index (κ3) is 3.18. The summed E-state index contributed by atoms with van der Waals surface area (Å²) in [5, 5.41) is 9.84. The number of imidazole rings is 1. The second-order valence-corrected chi connectivity index (χ2v) is 11.5. The summed E-state index contributed by atoms with van der Waals surface area (Å²) in [6.07, 6.45) is 0. The third-order valence-corrected chi connectivity index (χ3v) is 9.15. The zero-order valence-electron chi connectivity index (χ0n) is 23.7. The molecule has 8 aromatic carbocycles. The van der Waals surface area contributed by atoms with Gasteiger partial charge in [0, 0.05) is 5.56 Å². The number of ether oxygens (including phenoxy) is 1. The molecular formula is C41H24N2O. The number of rotatable bonds is 2. The van der Waals surface area contributed by atoms with E-state index in [2.05, 4.69) is 126 Å². The number of benzene rings is 8. The number of para-hydroxylation sites is 3. The Morgan fingerprint density at radius 2 is 1.07 bits per heavy atom. The molecule has 1 aromatic heterocycles. The second kappa shape index (κ2) is 8.79. The molecule has 0 unspecified atom stereocenters.